The van der Waals surface area contributed by atoms with E-state index in [4.69, 9.17) is 9.31 Å². The van der Waals surface area contributed by atoms with Gasteiger partial charge in [0, 0.05) is 0 Å². The lowest BCUT2D eigenvalue weighted by Crippen LogP contribution is -2.11. The number of pyridine rings is 2. The first-order valence-corrected chi connectivity index (χ1v) is 7.15. The van der Waals surface area contributed by atoms with Crippen molar-refractivity contribution in [1.82, 2.24) is 39.5 Å². The Kier molecular flexibility index (Phi) is 4.02. The summed E-state index contributed by atoms with van der Waals surface area (Å²) in [4.78, 5) is 16.2. The third-order valence-corrected chi connectivity index (χ3v) is 3.12. The molecule has 0 saturated carbocycles. The molecular weight excluding hydrogens is 323 g/mol. The van der Waals surface area contributed by atoms with Gasteiger partial charge in [0.2, 0.25) is 0 Å². The van der Waals surface area contributed by atoms with E-state index in [1.165, 1.54) is 20.3 Å². The number of hydrogen-bond donors (Lipinski definition) is 0. The molecule has 0 aliphatic heterocycles. The summed E-state index contributed by atoms with van der Waals surface area (Å²) in [6, 6.07) is 7.00. The van der Waals surface area contributed by atoms with Crippen molar-refractivity contribution in [3.8, 4) is 23.1 Å². The van der Waals surface area contributed by atoms with E-state index in [0.29, 0.717) is 23.1 Å². The van der Waals surface area contributed by atoms with Crippen LogP contribution in [0.2, 0.25) is 0 Å². The van der Waals surface area contributed by atoms with Crippen LogP contribution >= 0.6 is 0 Å². The van der Waals surface area contributed by atoms with Crippen molar-refractivity contribution in [2.45, 2.75) is 0 Å². The van der Waals surface area contributed by atoms with Gasteiger partial charge in [-0.15, -0.1) is 0 Å². The van der Waals surface area contributed by atoms with Crippen molar-refractivity contribution in [2.24, 2.45) is 0 Å². The molecule has 11 heteroatoms. The van der Waals surface area contributed by atoms with Crippen LogP contribution in [-0.4, -0.2) is 47.2 Å². The molecule has 0 fully saturated rings. The van der Waals surface area contributed by atoms with Gasteiger partial charge in [0.25, 0.3) is 0 Å². The summed E-state index contributed by atoms with van der Waals surface area (Å²) in [5.74, 6) is 2.32. The number of hydrogen-bond acceptors (Lipinski definition) is 8. The van der Waals surface area contributed by atoms with Gasteiger partial charge in [0.05, 0.1) is 12.4 Å². The van der Waals surface area contributed by atoms with E-state index in [9.17, 15) is 0 Å². The number of nitrogens with zero attached hydrogens (tertiary/aromatic N) is 8. The smallest absolute Gasteiger partial charge is 0.525 e. The molecule has 0 atom stereocenters. The first kappa shape index (κ1) is 14.8. The standard InChI is InChI=1S/C14H10BN8O2/c1-3-13(22-9-16-7-20-22)18-5-11(1)24-15-25-12-2-4-14(19-6-12)23-10-17-8-21-23/h1-10H. The molecule has 0 aliphatic carbocycles. The van der Waals surface area contributed by atoms with E-state index < -0.39 is 0 Å². The van der Waals surface area contributed by atoms with E-state index in [2.05, 4.69) is 30.1 Å². The summed E-state index contributed by atoms with van der Waals surface area (Å²) in [5.41, 5.74) is 0. The van der Waals surface area contributed by atoms with Crippen molar-refractivity contribution in [3.63, 3.8) is 0 Å². The van der Waals surface area contributed by atoms with Gasteiger partial charge >= 0.3 is 7.69 Å². The molecule has 0 saturated heterocycles. The Labute approximate surface area is 142 Å². The zero-order chi connectivity index (χ0) is 16.9. The number of aromatic nitrogens is 8. The third kappa shape index (κ3) is 3.44. The van der Waals surface area contributed by atoms with Gasteiger partial charge in [0.15, 0.2) is 11.6 Å². The zero-order valence-corrected chi connectivity index (χ0v) is 12.7. The van der Waals surface area contributed by atoms with Gasteiger partial charge in [-0.1, -0.05) is 0 Å². The predicted octanol–water partition coefficient (Wildman–Crippen LogP) is 0.630. The highest BCUT2D eigenvalue weighted by Crippen LogP contribution is 2.13. The maximum atomic E-state index is 5.37. The Bertz CT molecular complexity index is 833. The Morgan fingerprint density at radius 1 is 0.720 bits per heavy atom. The minimum Gasteiger partial charge on any atom is -0.525 e. The molecule has 25 heavy (non-hydrogen) atoms. The molecule has 4 heterocycles. The topological polar surface area (TPSA) is 106 Å². The Morgan fingerprint density at radius 3 is 1.60 bits per heavy atom. The Balaban J connectivity index is 1.31. The average Bonchev–Trinajstić information content (AvgIpc) is 3.37. The SMILES string of the molecule is [B](Oc1ccc(-n2cncn2)nc1)Oc1ccc(-n2cncn2)nc1. The van der Waals surface area contributed by atoms with Crippen molar-refractivity contribution in [3.05, 3.63) is 62.0 Å². The Hall–Kier alpha value is -3.76. The predicted molar refractivity (Wildman–Crippen MR) is 85.3 cm³/mol. The molecule has 0 unspecified atom stereocenters. The first-order chi connectivity index (χ1) is 12.4. The lowest BCUT2D eigenvalue weighted by atomic mass is 10.3. The maximum Gasteiger partial charge on any atom is 0.658 e. The molecule has 4 aromatic heterocycles. The molecule has 0 aromatic carbocycles. The highest BCUT2D eigenvalue weighted by Gasteiger charge is 2.05. The second-order valence-corrected chi connectivity index (χ2v) is 4.72. The van der Waals surface area contributed by atoms with Crippen molar-refractivity contribution in [1.29, 1.82) is 0 Å². The van der Waals surface area contributed by atoms with Gasteiger partial charge in [-0.3, -0.25) is 0 Å². The summed E-state index contributed by atoms with van der Waals surface area (Å²) in [7, 11) is 1.21. The van der Waals surface area contributed by atoms with Crippen LogP contribution in [0.3, 0.4) is 0 Å². The quantitative estimate of drug-likeness (QED) is 0.473. The van der Waals surface area contributed by atoms with Crippen LogP contribution in [0.1, 0.15) is 0 Å². The van der Waals surface area contributed by atoms with Crippen LogP contribution in [-0.2, 0) is 0 Å². The van der Waals surface area contributed by atoms with Crippen molar-refractivity contribution >= 4 is 7.69 Å². The van der Waals surface area contributed by atoms with Crippen molar-refractivity contribution < 1.29 is 9.31 Å². The van der Waals surface area contributed by atoms with Gasteiger partial charge in [0.1, 0.15) is 36.8 Å². The molecular formula is C14H10BN8O2. The highest BCUT2D eigenvalue weighted by molar-refractivity contribution is 6.20. The lowest BCUT2D eigenvalue weighted by molar-refractivity contribution is 0.456. The zero-order valence-electron chi connectivity index (χ0n) is 12.7. The summed E-state index contributed by atoms with van der Waals surface area (Å²) >= 11 is 0. The molecule has 0 amide bonds. The molecule has 1 radical (unpaired) electrons. The van der Waals surface area contributed by atoms with Crippen LogP contribution in [0.25, 0.3) is 11.6 Å². The van der Waals surface area contributed by atoms with E-state index >= 15 is 0 Å². The Morgan fingerprint density at radius 2 is 1.24 bits per heavy atom. The first-order valence-electron chi connectivity index (χ1n) is 7.15. The monoisotopic (exact) mass is 333 g/mol. The van der Waals surface area contributed by atoms with E-state index in [-0.39, 0.29) is 0 Å². The van der Waals surface area contributed by atoms with Gasteiger partial charge in [-0.05, 0) is 24.3 Å². The van der Waals surface area contributed by atoms with Gasteiger partial charge < -0.3 is 9.31 Å². The maximum absolute atomic E-state index is 5.37. The molecule has 10 nitrogen and oxygen atoms in total. The van der Waals surface area contributed by atoms with E-state index in [1.54, 1.807) is 58.7 Å². The molecule has 0 bridgehead atoms. The molecule has 4 rings (SSSR count). The largest absolute Gasteiger partial charge is 0.658 e. The van der Waals surface area contributed by atoms with Crippen LogP contribution in [0.5, 0.6) is 11.5 Å². The second kappa shape index (κ2) is 6.78. The fourth-order valence-corrected chi connectivity index (χ4v) is 1.94. The van der Waals surface area contributed by atoms with Gasteiger partial charge in [-0.2, -0.15) is 10.2 Å². The minimum absolute atomic E-state index is 0.524. The van der Waals surface area contributed by atoms with Crippen molar-refractivity contribution in [2.75, 3.05) is 0 Å². The van der Waals surface area contributed by atoms with Gasteiger partial charge in [-0.25, -0.2) is 29.3 Å². The molecule has 0 N–H and O–H groups in total. The molecule has 0 aliphatic rings. The molecule has 0 spiro atoms. The van der Waals surface area contributed by atoms with Crippen LogP contribution < -0.4 is 9.31 Å². The summed E-state index contributed by atoms with van der Waals surface area (Å²) < 4.78 is 13.8. The normalized spacial score (nSPS) is 10.4. The fourth-order valence-electron chi connectivity index (χ4n) is 1.94. The molecule has 4 aromatic rings. The van der Waals surface area contributed by atoms with Crippen LogP contribution in [0.15, 0.2) is 62.0 Å². The van der Waals surface area contributed by atoms with E-state index in [0.717, 1.165) is 0 Å². The summed E-state index contributed by atoms with van der Waals surface area (Å²) in [5, 5.41) is 7.99. The van der Waals surface area contributed by atoms with Crippen LogP contribution in [0, 0.1) is 0 Å². The fraction of sp³-hybridized carbons (Fsp3) is 0. The highest BCUT2D eigenvalue weighted by atomic mass is 16.6. The summed E-state index contributed by atoms with van der Waals surface area (Å²) in [6.07, 6.45) is 9.12. The third-order valence-electron chi connectivity index (χ3n) is 3.12. The van der Waals surface area contributed by atoms with E-state index in [1.807, 2.05) is 0 Å². The van der Waals surface area contributed by atoms with Crippen LogP contribution in [0.4, 0.5) is 0 Å². The average molecular weight is 333 g/mol. The summed E-state index contributed by atoms with van der Waals surface area (Å²) in [6.45, 7) is 0. The number of rotatable bonds is 6. The minimum atomic E-state index is 0.524. The molecule has 121 valence electrons. The second-order valence-electron chi connectivity index (χ2n) is 4.72. The lowest BCUT2D eigenvalue weighted by Gasteiger charge is -2.07.